The lowest BCUT2D eigenvalue weighted by atomic mass is 9.92. The highest BCUT2D eigenvalue weighted by atomic mass is 16.3. The molecule has 0 aromatic heterocycles. The molecule has 0 heterocycles. The Kier molecular flexibility index (Phi) is 4.60. The number of aliphatic hydroxyl groups is 1. The fourth-order valence-corrected chi connectivity index (χ4v) is 2.23. The normalized spacial score (nSPS) is 22.4. The Hall–Kier alpha value is -0.0800. The van der Waals surface area contributed by atoms with Crippen LogP contribution < -0.4 is 5.32 Å². The molecular weight excluding hydrogens is 186 g/mol. The largest absolute Gasteiger partial charge is 0.389 e. The molecule has 2 heteroatoms. The van der Waals surface area contributed by atoms with Gasteiger partial charge in [-0.3, -0.25) is 0 Å². The summed E-state index contributed by atoms with van der Waals surface area (Å²) in [5.41, 5.74) is -0.122. The van der Waals surface area contributed by atoms with Crippen LogP contribution in [0.2, 0.25) is 0 Å². The van der Waals surface area contributed by atoms with Crippen LogP contribution in [0.3, 0.4) is 0 Å². The van der Waals surface area contributed by atoms with Crippen molar-refractivity contribution in [3.8, 4) is 0 Å². The molecule has 1 aliphatic carbocycles. The van der Waals surface area contributed by atoms with Crippen molar-refractivity contribution >= 4 is 0 Å². The maximum absolute atomic E-state index is 10.4. The average molecular weight is 213 g/mol. The highest BCUT2D eigenvalue weighted by Crippen LogP contribution is 2.26. The lowest BCUT2D eigenvalue weighted by molar-refractivity contribution is 0.0237. The fourth-order valence-electron chi connectivity index (χ4n) is 2.23. The van der Waals surface area contributed by atoms with Crippen molar-refractivity contribution in [2.75, 3.05) is 13.1 Å². The van der Waals surface area contributed by atoms with E-state index in [1.807, 2.05) is 0 Å². The fraction of sp³-hybridized carbons (Fsp3) is 1.00. The molecule has 1 fully saturated rings. The van der Waals surface area contributed by atoms with Gasteiger partial charge in [0.2, 0.25) is 0 Å². The van der Waals surface area contributed by atoms with E-state index in [1.54, 1.807) is 0 Å². The van der Waals surface area contributed by atoms with Gasteiger partial charge in [0.25, 0.3) is 0 Å². The monoisotopic (exact) mass is 213 g/mol. The van der Waals surface area contributed by atoms with Crippen LogP contribution in [0.5, 0.6) is 0 Å². The summed E-state index contributed by atoms with van der Waals surface area (Å²) in [6.45, 7) is 8.41. The zero-order chi connectivity index (χ0) is 11.4. The number of nitrogens with one attached hydrogen (secondary N) is 1. The van der Waals surface area contributed by atoms with Crippen molar-refractivity contribution in [1.29, 1.82) is 0 Å². The van der Waals surface area contributed by atoms with E-state index in [9.17, 15) is 5.11 Å². The molecule has 0 spiro atoms. The van der Waals surface area contributed by atoms with Crippen molar-refractivity contribution in [2.24, 2.45) is 5.41 Å². The summed E-state index contributed by atoms with van der Waals surface area (Å²) < 4.78 is 0. The predicted octanol–water partition coefficient (Wildman–Crippen LogP) is 2.71. The van der Waals surface area contributed by atoms with Gasteiger partial charge in [-0.15, -0.1) is 0 Å². The van der Waals surface area contributed by atoms with Crippen molar-refractivity contribution in [2.45, 2.75) is 64.9 Å². The summed E-state index contributed by atoms with van der Waals surface area (Å²) in [4.78, 5) is 0. The molecule has 1 rings (SSSR count). The zero-order valence-electron chi connectivity index (χ0n) is 10.6. The first-order chi connectivity index (χ1) is 6.91. The molecule has 1 saturated carbocycles. The summed E-state index contributed by atoms with van der Waals surface area (Å²) in [5.74, 6) is 0. The molecule has 2 N–H and O–H groups in total. The Bertz CT molecular complexity index is 175. The molecule has 0 atom stereocenters. The third-order valence-electron chi connectivity index (χ3n) is 3.14. The second kappa shape index (κ2) is 5.31. The van der Waals surface area contributed by atoms with Gasteiger partial charge in [-0.25, -0.2) is 0 Å². The minimum Gasteiger partial charge on any atom is -0.389 e. The lowest BCUT2D eigenvalue weighted by Gasteiger charge is -2.29. The summed E-state index contributed by atoms with van der Waals surface area (Å²) in [6.07, 6.45) is 6.92. The van der Waals surface area contributed by atoms with Gasteiger partial charge in [-0.1, -0.05) is 46.5 Å². The number of rotatable bonds is 3. The molecule has 0 aromatic carbocycles. The van der Waals surface area contributed by atoms with Crippen molar-refractivity contribution < 1.29 is 5.11 Å². The Morgan fingerprint density at radius 1 is 1.07 bits per heavy atom. The molecule has 0 bridgehead atoms. The van der Waals surface area contributed by atoms with Crippen LogP contribution in [0.4, 0.5) is 0 Å². The summed E-state index contributed by atoms with van der Waals surface area (Å²) >= 11 is 0. The van der Waals surface area contributed by atoms with Gasteiger partial charge in [0.15, 0.2) is 0 Å². The molecule has 1 aliphatic rings. The summed E-state index contributed by atoms with van der Waals surface area (Å²) in [6, 6.07) is 0. The SMILES string of the molecule is CC(C)(C)CNCC1(O)CCCCCC1. The smallest absolute Gasteiger partial charge is 0.0771 e. The molecule has 2 nitrogen and oxygen atoms in total. The van der Waals surface area contributed by atoms with Gasteiger partial charge in [0.05, 0.1) is 5.60 Å². The van der Waals surface area contributed by atoms with E-state index in [2.05, 4.69) is 26.1 Å². The van der Waals surface area contributed by atoms with Crippen molar-refractivity contribution in [1.82, 2.24) is 5.32 Å². The third-order valence-corrected chi connectivity index (χ3v) is 3.14. The number of hydrogen-bond acceptors (Lipinski definition) is 2. The second-order valence-corrected chi connectivity index (χ2v) is 6.30. The van der Waals surface area contributed by atoms with Crippen LogP contribution >= 0.6 is 0 Å². The molecule has 0 saturated heterocycles. The standard InChI is InChI=1S/C13H27NO/c1-12(2,3)10-14-11-13(15)8-6-4-5-7-9-13/h14-15H,4-11H2,1-3H3. The van der Waals surface area contributed by atoms with Gasteiger partial charge in [-0.05, 0) is 18.3 Å². The first-order valence-corrected chi connectivity index (χ1v) is 6.34. The first kappa shape index (κ1) is 13.0. The van der Waals surface area contributed by atoms with Gasteiger partial charge >= 0.3 is 0 Å². The molecular formula is C13H27NO. The van der Waals surface area contributed by atoms with E-state index in [0.717, 1.165) is 25.9 Å². The second-order valence-electron chi connectivity index (χ2n) is 6.30. The quantitative estimate of drug-likeness (QED) is 0.707. The summed E-state index contributed by atoms with van der Waals surface area (Å²) in [5, 5.41) is 13.8. The van der Waals surface area contributed by atoms with Crippen LogP contribution in [0, 0.1) is 5.41 Å². The molecule has 0 unspecified atom stereocenters. The van der Waals surface area contributed by atoms with Crippen LogP contribution in [0.1, 0.15) is 59.3 Å². The molecule has 0 radical (unpaired) electrons. The highest BCUT2D eigenvalue weighted by molar-refractivity contribution is 4.83. The van der Waals surface area contributed by atoms with E-state index >= 15 is 0 Å². The zero-order valence-corrected chi connectivity index (χ0v) is 10.6. The van der Waals surface area contributed by atoms with Crippen LogP contribution in [0.15, 0.2) is 0 Å². The van der Waals surface area contributed by atoms with Crippen molar-refractivity contribution in [3.63, 3.8) is 0 Å². The molecule has 0 aromatic rings. The van der Waals surface area contributed by atoms with Crippen LogP contribution in [-0.4, -0.2) is 23.8 Å². The average Bonchev–Trinajstić information content (AvgIpc) is 2.28. The number of hydrogen-bond donors (Lipinski definition) is 2. The van der Waals surface area contributed by atoms with E-state index in [1.165, 1.54) is 25.7 Å². The van der Waals surface area contributed by atoms with Gasteiger partial charge in [0.1, 0.15) is 0 Å². The molecule has 90 valence electrons. The Balaban J connectivity index is 2.28. The highest BCUT2D eigenvalue weighted by Gasteiger charge is 2.27. The third kappa shape index (κ3) is 5.53. The Morgan fingerprint density at radius 3 is 2.07 bits per heavy atom. The Labute approximate surface area is 94.5 Å². The molecule has 15 heavy (non-hydrogen) atoms. The first-order valence-electron chi connectivity index (χ1n) is 6.34. The predicted molar refractivity (Wildman–Crippen MR) is 65.0 cm³/mol. The molecule has 0 amide bonds. The minimum atomic E-state index is -0.429. The maximum atomic E-state index is 10.4. The van der Waals surface area contributed by atoms with Crippen LogP contribution in [0.25, 0.3) is 0 Å². The maximum Gasteiger partial charge on any atom is 0.0771 e. The lowest BCUT2D eigenvalue weighted by Crippen LogP contribution is -2.42. The minimum absolute atomic E-state index is 0.307. The summed E-state index contributed by atoms with van der Waals surface area (Å²) in [7, 11) is 0. The van der Waals surface area contributed by atoms with Crippen LogP contribution in [-0.2, 0) is 0 Å². The van der Waals surface area contributed by atoms with Gasteiger partial charge in [0, 0.05) is 13.1 Å². The Morgan fingerprint density at radius 2 is 1.60 bits per heavy atom. The van der Waals surface area contributed by atoms with E-state index in [4.69, 9.17) is 0 Å². The molecule has 0 aliphatic heterocycles. The van der Waals surface area contributed by atoms with E-state index in [-0.39, 0.29) is 0 Å². The van der Waals surface area contributed by atoms with Gasteiger partial charge < -0.3 is 10.4 Å². The van der Waals surface area contributed by atoms with Gasteiger partial charge in [-0.2, -0.15) is 0 Å². The van der Waals surface area contributed by atoms with Crippen molar-refractivity contribution in [3.05, 3.63) is 0 Å². The van der Waals surface area contributed by atoms with E-state index < -0.39 is 5.60 Å². The topological polar surface area (TPSA) is 32.3 Å². The van der Waals surface area contributed by atoms with E-state index in [0.29, 0.717) is 5.41 Å².